The quantitative estimate of drug-likeness (QED) is 0.751. The molecule has 0 aromatic heterocycles. The average Bonchev–Trinajstić information content (AvgIpc) is 2.62. The minimum atomic E-state index is -4.76. The molecular weight excluding hydrogens is 384 g/mol. The van der Waals surface area contributed by atoms with E-state index in [9.17, 15) is 17.6 Å². The van der Waals surface area contributed by atoms with Gasteiger partial charge in [-0.25, -0.2) is 4.39 Å². The van der Waals surface area contributed by atoms with Gasteiger partial charge < -0.3 is 10.1 Å². The Morgan fingerprint density at radius 3 is 2.30 bits per heavy atom. The highest BCUT2D eigenvalue weighted by Gasteiger charge is 2.32. The van der Waals surface area contributed by atoms with Crippen LogP contribution in [0.25, 0.3) is 0 Å². The number of rotatable bonds is 4. The first-order valence-corrected chi connectivity index (χ1v) is 8.89. The second-order valence-corrected chi connectivity index (χ2v) is 6.78. The van der Waals surface area contributed by atoms with E-state index in [0.29, 0.717) is 29.2 Å². The number of aryl methyl sites for hydroxylation is 1. The molecular formula is C19H19ClF4N2O. The van der Waals surface area contributed by atoms with E-state index in [-0.39, 0.29) is 5.75 Å². The van der Waals surface area contributed by atoms with Crippen molar-refractivity contribution in [3.05, 3.63) is 63.9 Å². The maximum atomic E-state index is 14.7. The van der Waals surface area contributed by atoms with E-state index in [2.05, 4.69) is 15.0 Å². The number of halogens is 5. The zero-order valence-corrected chi connectivity index (χ0v) is 15.4. The number of benzene rings is 2. The van der Waals surface area contributed by atoms with Crippen LogP contribution in [0.15, 0.2) is 36.4 Å². The van der Waals surface area contributed by atoms with E-state index >= 15 is 0 Å². The largest absolute Gasteiger partial charge is 0.573 e. The summed E-state index contributed by atoms with van der Waals surface area (Å²) in [5.41, 5.74) is 1.73. The number of hydrogen-bond donors (Lipinski definition) is 1. The lowest BCUT2D eigenvalue weighted by atomic mass is 9.94. The topological polar surface area (TPSA) is 24.5 Å². The zero-order chi connectivity index (χ0) is 19.6. The molecule has 3 nitrogen and oxygen atoms in total. The van der Waals surface area contributed by atoms with Crippen molar-refractivity contribution in [2.75, 3.05) is 26.2 Å². The molecule has 1 fully saturated rings. The van der Waals surface area contributed by atoms with Gasteiger partial charge in [0.25, 0.3) is 0 Å². The fourth-order valence-electron chi connectivity index (χ4n) is 3.28. The van der Waals surface area contributed by atoms with Gasteiger partial charge in [-0.15, -0.1) is 13.2 Å². The Labute approximate surface area is 159 Å². The molecule has 0 aliphatic carbocycles. The Morgan fingerprint density at radius 1 is 1.07 bits per heavy atom. The maximum Gasteiger partial charge on any atom is 0.573 e. The van der Waals surface area contributed by atoms with Crippen LogP contribution in [-0.4, -0.2) is 37.4 Å². The summed E-state index contributed by atoms with van der Waals surface area (Å²) in [4.78, 5) is 2.07. The number of hydrogen-bond acceptors (Lipinski definition) is 3. The molecule has 146 valence electrons. The van der Waals surface area contributed by atoms with Gasteiger partial charge in [0.2, 0.25) is 0 Å². The van der Waals surface area contributed by atoms with Crippen LogP contribution in [0.2, 0.25) is 5.02 Å². The molecule has 27 heavy (non-hydrogen) atoms. The fourth-order valence-corrected chi connectivity index (χ4v) is 3.54. The van der Waals surface area contributed by atoms with Gasteiger partial charge in [-0.05, 0) is 36.2 Å². The van der Waals surface area contributed by atoms with Crippen molar-refractivity contribution in [1.82, 2.24) is 10.2 Å². The molecule has 2 aromatic rings. The predicted molar refractivity (Wildman–Crippen MR) is 95.6 cm³/mol. The van der Waals surface area contributed by atoms with E-state index in [1.54, 1.807) is 13.0 Å². The van der Waals surface area contributed by atoms with Gasteiger partial charge in [0.15, 0.2) is 0 Å². The van der Waals surface area contributed by atoms with Gasteiger partial charge in [-0.1, -0.05) is 29.8 Å². The maximum absolute atomic E-state index is 14.7. The van der Waals surface area contributed by atoms with Gasteiger partial charge in [-0.2, -0.15) is 0 Å². The second kappa shape index (κ2) is 8.04. The number of nitrogens with one attached hydrogen (secondary N) is 1. The summed E-state index contributed by atoms with van der Waals surface area (Å²) in [6.45, 7) is 4.58. The highest BCUT2D eigenvalue weighted by atomic mass is 35.5. The Kier molecular flexibility index (Phi) is 5.93. The molecule has 1 heterocycles. The third kappa shape index (κ3) is 4.72. The Hall–Kier alpha value is -1.83. The molecule has 3 rings (SSSR count). The highest BCUT2D eigenvalue weighted by Crippen LogP contribution is 2.37. The monoisotopic (exact) mass is 402 g/mol. The molecule has 1 aliphatic heterocycles. The first kappa shape index (κ1) is 19.9. The predicted octanol–water partition coefficient (Wildman–Crippen LogP) is 4.68. The lowest BCUT2D eigenvalue weighted by Gasteiger charge is -2.36. The van der Waals surface area contributed by atoms with Crippen molar-refractivity contribution < 1.29 is 22.3 Å². The number of ether oxygens (including phenoxy) is 1. The molecule has 0 unspecified atom stereocenters. The van der Waals surface area contributed by atoms with Gasteiger partial charge in [0, 0.05) is 31.7 Å². The summed E-state index contributed by atoms with van der Waals surface area (Å²) < 4.78 is 55.9. The number of alkyl halides is 3. The van der Waals surface area contributed by atoms with Crippen molar-refractivity contribution in [3.63, 3.8) is 0 Å². The van der Waals surface area contributed by atoms with Crippen LogP contribution in [0.3, 0.4) is 0 Å². The average molecular weight is 403 g/mol. The summed E-state index contributed by atoms with van der Waals surface area (Å²) in [6.07, 6.45) is -4.76. The molecule has 0 bridgehead atoms. The summed E-state index contributed by atoms with van der Waals surface area (Å²) in [6, 6.07) is 7.99. The van der Waals surface area contributed by atoms with Gasteiger partial charge in [0.05, 0.1) is 11.1 Å². The van der Waals surface area contributed by atoms with Crippen LogP contribution >= 0.6 is 11.6 Å². The lowest BCUT2D eigenvalue weighted by molar-refractivity contribution is -0.274. The van der Waals surface area contributed by atoms with Crippen molar-refractivity contribution in [2.24, 2.45) is 0 Å². The fraction of sp³-hybridized carbons (Fsp3) is 0.368. The van der Waals surface area contributed by atoms with Gasteiger partial charge in [-0.3, -0.25) is 4.90 Å². The van der Waals surface area contributed by atoms with Crippen LogP contribution in [0.5, 0.6) is 5.75 Å². The van der Waals surface area contributed by atoms with E-state index in [4.69, 9.17) is 11.6 Å². The van der Waals surface area contributed by atoms with Gasteiger partial charge >= 0.3 is 6.36 Å². The van der Waals surface area contributed by atoms with Crippen LogP contribution in [0.4, 0.5) is 17.6 Å². The Balaban J connectivity index is 2.02. The molecule has 1 N–H and O–H groups in total. The molecule has 0 amide bonds. The summed E-state index contributed by atoms with van der Waals surface area (Å²) in [5, 5.41) is 3.56. The molecule has 0 radical (unpaired) electrons. The third-order valence-electron chi connectivity index (χ3n) is 4.54. The molecule has 1 aliphatic rings. The first-order chi connectivity index (χ1) is 12.8. The summed E-state index contributed by atoms with van der Waals surface area (Å²) in [7, 11) is 0. The highest BCUT2D eigenvalue weighted by molar-refractivity contribution is 6.32. The summed E-state index contributed by atoms with van der Waals surface area (Å²) >= 11 is 6.43. The standard InChI is InChI=1S/C19H19ClF4N2O/c1-12-2-7-15(21)16(17(12)20)18(26-10-8-25-9-11-26)13-3-5-14(6-4-13)27-19(22,23)24/h2-7,18,25H,8-11H2,1H3/t18-/m0/s1. The van der Waals surface area contributed by atoms with Crippen LogP contribution in [0.1, 0.15) is 22.7 Å². The Morgan fingerprint density at radius 2 is 1.70 bits per heavy atom. The van der Waals surface area contributed by atoms with Crippen molar-refractivity contribution >= 4 is 11.6 Å². The van der Waals surface area contributed by atoms with Crippen molar-refractivity contribution in [3.8, 4) is 5.75 Å². The number of piperazine rings is 1. The molecule has 2 aromatic carbocycles. The van der Waals surface area contributed by atoms with Crippen LogP contribution < -0.4 is 10.1 Å². The minimum Gasteiger partial charge on any atom is -0.406 e. The van der Waals surface area contributed by atoms with Crippen molar-refractivity contribution in [1.29, 1.82) is 0 Å². The van der Waals surface area contributed by atoms with Crippen LogP contribution in [0, 0.1) is 12.7 Å². The number of nitrogens with zero attached hydrogens (tertiary/aromatic N) is 1. The molecule has 8 heteroatoms. The SMILES string of the molecule is Cc1ccc(F)c([C@H](c2ccc(OC(F)(F)F)cc2)N2CCNCC2)c1Cl. The summed E-state index contributed by atoms with van der Waals surface area (Å²) in [5.74, 6) is -0.758. The minimum absolute atomic E-state index is 0.318. The van der Waals surface area contributed by atoms with E-state index < -0.39 is 18.2 Å². The van der Waals surface area contributed by atoms with Crippen molar-refractivity contribution in [2.45, 2.75) is 19.3 Å². The van der Waals surface area contributed by atoms with Gasteiger partial charge in [0.1, 0.15) is 11.6 Å². The van der Waals surface area contributed by atoms with Crippen LogP contribution in [-0.2, 0) is 0 Å². The van der Waals surface area contributed by atoms with E-state index in [1.807, 2.05) is 0 Å². The molecule has 1 saturated heterocycles. The van der Waals surface area contributed by atoms with E-state index in [0.717, 1.165) is 18.7 Å². The first-order valence-electron chi connectivity index (χ1n) is 8.51. The van der Waals surface area contributed by atoms with E-state index in [1.165, 1.54) is 30.3 Å². The smallest absolute Gasteiger partial charge is 0.406 e. The molecule has 0 spiro atoms. The third-order valence-corrected chi connectivity index (χ3v) is 5.04. The second-order valence-electron chi connectivity index (χ2n) is 6.40. The molecule has 1 atom stereocenters. The normalized spacial score (nSPS) is 17.0. The Bertz CT molecular complexity index is 790. The molecule has 0 saturated carbocycles. The zero-order valence-electron chi connectivity index (χ0n) is 14.6. The lowest BCUT2D eigenvalue weighted by Crippen LogP contribution is -2.45.